The molecule has 0 spiro atoms. The van der Waals surface area contributed by atoms with E-state index in [4.69, 9.17) is 9.26 Å². The Balaban J connectivity index is 1.38. The zero-order valence-electron chi connectivity index (χ0n) is 13.9. The van der Waals surface area contributed by atoms with Gasteiger partial charge in [0.1, 0.15) is 11.9 Å². The predicted molar refractivity (Wildman–Crippen MR) is 93.8 cm³/mol. The van der Waals surface area contributed by atoms with E-state index in [2.05, 4.69) is 10.1 Å². The molecule has 0 aliphatic carbocycles. The molecule has 2 aromatic heterocycles. The topological polar surface area (TPSA) is 68.5 Å². The van der Waals surface area contributed by atoms with E-state index in [1.54, 1.807) is 6.92 Å². The van der Waals surface area contributed by atoms with Gasteiger partial charge < -0.3 is 14.2 Å². The lowest BCUT2D eigenvalue weighted by molar-refractivity contribution is 0.0181. The number of benzene rings is 1. The third-order valence-corrected chi connectivity index (χ3v) is 5.11. The molecule has 1 saturated heterocycles. The quantitative estimate of drug-likeness (QED) is 0.718. The van der Waals surface area contributed by atoms with Gasteiger partial charge >= 0.3 is 0 Å². The number of ether oxygens (including phenoxy) is 1. The number of aryl methyl sites for hydroxylation is 2. The van der Waals surface area contributed by atoms with Crippen LogP contribution in [0.3, 0.4) is 0 Å². The second-order valence-corrected chi connectivity index (χ2v) is 6.97. The van der Waals surface area contributed by atoms with Crippen molar-refractivity contribution in [3.8, 4) is 17.2 Å². The number of aromatic nitrogens is 2. The number of carbonyl (C=O) groups excluding carboxylic acids is 1. The Morgan fingerprint density at radius 3 is 2.84 bits per heavy atom. The van der Waals surface area contributed by atoms with Crippen molar-refractivity contribution in [2.75, 3.05) is 13.1 Å². The molecule has 0 N–H and O–H groups in total. The van der Waals surface area contributed by atoms with E-state index in [-0.39, 0.29) is 12.0 Å². The summed E-state index contributed by atoms with van der Waals surface area (Å²) in [7, 11) is 0. The van der Waals surface area contributed by atoms with Crippen molar-refractivity contribution in [1.29, 1.82) is 0 Å². The van der Waals surface area contributed by atoms with Gasteiger partial charge in [-0.25, -0.2) is 0 Å². The Labute approximate surface area is 149 Å². The van der Waals surface area contributed by atoms with E-state index in [1.807, 2.05) is 47.5 Å². The average molecular weight is 355 g/mol. The van der Waals surface area contributed by atoms with Crippen molar-refractivity contribution < 1.29 is 14.1 Å². The van der Waals surface area contributed by atoms with Crippen molar-refractivity contribution in [1.82, 2.24) is 15.0 Å². The molecule has 1 aromatic carbocycles. The van der Waals surface area contributed by atoms with Crippen molar-refractivity contribution in [2.45, 2.75) is 20.0 Å². The standard InChI is InChI=1S/C18H17N3O3S/c1-11-6-7-25-16(11)18(22)21-9-15(10-21)23-14-5-3-4-13(8-14)17-19-12(2)20-24-17/h3-8,15H,9-10H2,1-2H3. The highest BCUT2D eigenvalue weighted by molar-refractivity contribution is 7.12. The van der Waals surface area contributed by atoms with Crippen LogP contribution >= 0.6 is 11.3 Å². The van der Waals surface area contributed by atoms with Gasteiger partial charge in [0.15, 0.2) is 5.82 Å². The maximum absolute atomic E-state index is 12.4. The SMILES string of the molecule is Cc1noc(-c2cccc(OC3CN(C(=O)c4sccc4C)C3)c2)n1. The van der Waals surface area contributed by atoms with Crippen LogP contribution in [-0.4, -0.2) is 40.1 Å². The van der Waals surface area contributed by atoms with E-state index in [1.165, 1.54) is 11.3 Å². The first kappa shape index (κ1) is 15.8. The number of thiophene rings is 1. The van der Waals surface area contributed by atoms with Crippen LogP contribution in [0, 0.1) is 13.8 Å². The van der Waals surface area contributed by atoms with Crippen LogP contribution in [0.1, 0.15) is 21.1 Å². The first-order chi connectivity index (χ1) is 12.1. The molecule has 0 unspecified atom stereocenters. The average Bonchev–Trinajstić information content (AvgIpc) is 3.19. The Morgan fingerprint density at radius 1 is 1.32 bits per heavy atom. The van der Waals surface area contributed by atoms with E-state index in [0.29, 0.717) is 24.8 Å². The molecular weight excluding hydrogens is 338 g/mol. The second-order valence-electron chi connectivity index (χ2n) is 6.06. The van der Waals surface area contributed by atoms with Gasteiger partial charge in [-0.15, -0.1) is 11.3 Å². The Hall–Kier alpha value is -2.67. The van der Waals surface area contributed by atoms with Crippen LogP contribution in [0.25, 0.3) is 11.5 Å². The van der Waals surface area contributed by atoms with Crippen molar-refractivity contribution >= 4 is 17.2 Å². The van der Waals surface area contributed by atoms with Gasteiger partial charge in [0.25, 0.3) is 11.8 Å². The van der Waals surface area contributed by atoms with Gasteiger partial charge in [-0.3, -0.25) is 4.79 Å². The Morgan fingerprint density at radius 2 is 2.16 bits per heavy atom. The first-order valence-electron chi connectivity index (χ1n) is 8.01. The fourth-order valence-electron chi connectivity index (χ4n) is 2.72. The lowest BCUT2D eigenvalue weighted by Crippen LogP contribution is -2.56. The molecule has 0 bridgehead atoms. The monoisotopic (exact) mass is 355 g/mol. The van der Waals surface area contributed by atoms with Gasteiger partial charge in [-0.1, -0.05) is 11.2 Å². The maximum atomic E-state index is 12.4. The summed E-state index contributed by atoms with van der Waals surface area (Å²) in [4.78, 5) is 19.3. The fraction of sp³-hybridized carbons (Fsp3) is 0.278. The van der Waals surface area contributed by atoms with Gasteiger partial charge in [0, 0.05) is 5.56 Å². The van der Waals surface area contributed by atoms with Crippen LogP contribution < -0.4 is 4.74 Å². The summed E-state index contributed by atoms with van der Waals surface area (Å²) >= 11 is 1.49. The van der Waals surface area contributed by atoms with E-state index in [0.717, 1.165) is 21.8 Å². The summed E-state index contributed by atoms with van der Waals surface area (Å²) in [5, 5.41) is 5.75. The summed E-state index contributed by atoms with van der Waals surface area (Å²) in [5.41, 5.74) is 1.85. The minimum Gasteiger partial charge on any atom is -0.487 e. The Bertz CT molecular complexity index is 912. The van der Waals surface area contributed by atoms with Crippen LogP contribution in [0.2, 0.25) is 0 Å². The molecule has 4 rings (SSSR count). The molecule has 3 heterocycles. The minimum atomic E-state index is 0.00360. The Kier molecular flexibility index (Phi) is 4.01. The summed E-state index contributed by atoms with van der Waals surface area (Å²) in [6, 6.07) is 9.52. The summed E-state index contributed by atoms with van der Waals surface area (Å²) in [6.45, 7) is 4.94. The smallest absolute Gasteiger partial charge is 0.264 e. The summed E-state index contributed by atoms with van der Waals surface area (Å²) < 4.78 is 11.2. The molecule has 7 heteroatoms. The highest BCUT2D eigenvalue weighted by atomic mass is 32.1. The molecule has 0 saturated carbocycles. The third-order valence-electron chi connectivity index (χ3n) is 4.10. The van der Waals surface area contributed by atoms with Crippen molar-refractivity contribution in [3.05, 3.63) is 52.0 Å². The molecule has 1 aliphatic heterocycles. The zero-order valence-corrected chi connectivity index (χ0v) is 14.7. The number of likely N-dealkylation sites (tertiary alicyclic amines) is 1. The molecule has 6 nitrogen and oxygen atoms in total. The fourth-order valence-corrected chi connectivity index (χ4v) is 3.62. The van der Waals surface area contributed by atoms with Crippen LogP contribution in [0.5, 0.6) is 5.75 Å². The minimum absolute atomic E-state index is 0.00360. The molecule has 3 aromatic rings. The third kappa shape index (κ3) is 3.15. The van der Waals surface area contributed by atoms with E-state index >= 15 is 0 Å². The highest BCUT2D eigenvalue weighted by Crippen LogP contribution is 2.26. The number of nitrogens with zero attached hydrogens (tertiary/aromatic N) is 3. The molecule has 0 radical (unpaired) electrons. The summed E-state index contributed by atoms with van der Waals surface area (Å²) in [6.07, 6.45) is 0.00360. The van der Waals surface area contributed by atoms with Crippen molar-refractivity contribution in [3.63, 3.8) is 0 Å². The van der Waals surface area contributed by atoms with Crippen LogP contribution in [0.4, 0.5) is 0 Å². The predicted octanol–water partition coefficient (Wildman–Crippen LogP) is 3.32. The maximum Gasteiger partial charge on any atom is 0.264 e. The molecule has 1 amide bonds. The van der Waals surface area contributed by atoms with Gasteiger partial charge in [0.05, 0.1) is 18.0 Å². The first-order valence-corrected chi connectivity index (χ1v) is 8.89. The molecule has 25 heavy (non-hydrogen) atoms. The second kappa shape index (κ2) is 6.33. The lowest BCUT2D eigenvalue weighted by atomic mass is 10.1. The van der Waals surface area contributed by atoms with Crippen LogP contribution in [0.15, 0.2) is 40.2 Å². The molecule has 0 atom stereocenters. The van der Waals surface area contributed by atoms with Gasteiger partial charge in [-0.05, 0) is 49.1 Å². The zero-order chi connectivity index (χ0) is 17.4. The molecule has 1 aliphatic rings. The highest BCUT2D eigenvalue weighted by Gasteiger charge is 2.33. The molecular formula is C18H17N3O3S. The number of carbonyl (C=O) groups is 1. The number of rotatable bonds is 4. The van der Waals surface area contributed by atoms with Crippen LogP contribution in [-0.2, 0) is 0 Å². The van der Waals surface area contributed by atoms with Gasteiger partial charge in [0.2, 0.25) is 0 Å². The van der Waals surface area contributed by atoms with E-state index < -0.39 is 0 Å². The lowest BCUT2D eigenvalue weighted by Gasteiger charge is -2.38. The van der Waals surface area contributed by atoms with E-state index in [9.17, 15) is 4.79 Å². The molecule has 1 fully saturated rings. The van der Waals surface area contributed by atoms with Gasteiger partial charge in [-0.2, -0.15) is 4.98 Å². The normalized spacial score (nSPS) is 14.4. The molecule has 128 valence electrons. The van der Waals surface area contributed by atoms with Crippen molar-refractivity contribution in [2.24, 2.45) is 0 Å². The number of hydrogen-bond donors (Lipinski definition) is 0. The summed E-state index contributed by atoms with van der Waals surface area (Å²) in [5.74, 6) is 1.89. The number of hydrogen-bond acceptors (Lipinski definition) is 6. The largest absolute Gasteiger partial charge is 0.487 e. The number of amides is 1.